The Hall–Kier alpha value is -4.15. The lowest BCUT2D eigenvalue weighted by Gasteiger charge is -2.42. The van der Waals surface area contributed by atoms with Crippen LogP contribution in [0.4, 0.5) is 32.2 Å². The normalized spacial score (nSPS) is 17.9. The minimum absolute atomic E-state index is 0.137. The van der Waals surface area contributed by atoms with Crippen LogP contribution in [0, 0.1) is 0 Å². The molecular weight excluding hydrogens is 630 g/mol. The third-order valence-corrected chi connectivity index (χ3v) is 8.97. The fourth-order valence-electron chi connectivity index (χ4n) is 6.29. The zero-order chi connectivity index (χ0) is 33.7. The number of hydrogen-bond acceptors (Lipinski definition) is 9. The van der Waals surface area contributed by atoms with E-state index in [2.05, 4.69) is 39.6 Å². The molecule has 2 aliphatic rings. The molecule has 0 aliphatic carbocycles. The van der Waals surface area contributed by atoms with E-state index in [1.807, 2.05) is 0 Å². The predicted octanol–water partition coefficient (Wildman–Crippen LogP) is 4.91. The Kier molecular flexibility index (Phi) is 10.1. The second-order valence-electron chi connectivity index (χ2n) is 11.6. The molecule has 0 amide bonds. The van der Waals surface area contributed by atoms with E-state index in [4.69, 9.17) is 11.5 Å². The molecule has 4 heterocycles. The number of anilines is 1. The third kappa shape index (κ3) is 8.23. The molecule has 2 aliphatic heterocycles. The van der Waals surface area contributed by atoms with E-state index < -0.39 is 12.7 Å². The van der Waals surface area contributed by atoms with Crippen LogP contribution in [-0.2, 0) is 10.8 Å². The van der Waals surface area contributed by atoms with Crippen molar-refractivity contribution in [2.45, 2.75) is 49.2 Å². The summed E-state index contributed by atoms with van der Waals surface area (Å²) in [5, 5.41) is 3.26. The van der Waals surface area contributed by atoms with Gasteiger partial charge in [0.1, 0.15) is 23.3 Å². The molecule has 6 rings (SSSR count). The van der Waals surface area contributed by atoms with Crippen LogP contribution in [0.25, 0.3) is 11.2 Å². The van der Waals surface area contributed by atoms with Gasteiger partial charge in [0.05, 0.1) is 6.33 Å². The first-order chi connectivity index (χ1) is 22.4. The van der Waals surface area contributed by atoms with Crippen LogP contribution in [0.2, 0.25) is 0 Å². The smallest absolute Gasteiger partial charge is 0.406 e. The summed E-state index contributed by atoms with van der Waals surface area (Å²) in [5.74, 6) is 0.364. The molecule has 2 fully saturated rings. The maximum absolute atomic E-state index is 12.4. The number of benzene rings is 2. The van der Waals surface area contributed by atoms with E-state index in [9.17, 15) is 26.3 Å². The molecule has 0 bridgehead atoms. The number of piperidine rings is 2. The van der Waals surface area contributed by atoms with Crippen LogP contribution >= 0.6 is 0 Å². The number of hydrogen-bond donors (Lipinski definition) is 4. The Bertz CT molecular complexity index is 1580. The molecule has 4 aromatic rings. The Labute approximate surface area is 266 Å². The number of nitrogens with one attached hydrogen (secondary N) is 2. The lowest BCUT2D eigenvalue weighted by Crippen LogP contribution is -2.47. The van der Waals surface area contributed by atoms with Crippen LogP contribution in [0.1, 0.15) is 36.8 Å². The lowest BCUT2D eigenvalue weighted by molar-refractivity contribution is -0.275. The predicted molar refractivity (Wildman–Crippen MR) is 163 cm³/mol. The number of aromatic nitrogens is 4. The summed E-state index contributed by atoms with van der Waals surface area (Å²) in [6.07, 6.45) is -2.99. The SMILES string of the molecule is NCC1(c2ccc(OC(F)(F)F)cc2)CCN(c2ncnc3nc[nH]c23)CC1.NCC1(c2ccc(OC(F)(F)F)cc2)CCNCC1. The van der Waals surface area contributed by atoms with E-state index in [0.29, 0.717) is 31.8 Å². The van der Waals surface area contributed by atoms with Gasteiger partial charge in [-0.25, -0.2) is 15.0 Å². The van der Waals surface area contributed by atoms with Gasteiger partial charge < -0.3 is 36.1 Å². The first-order valence-corrected chi connectivity index (χ1v) is 15.1. The average Bonchev–Trinajstić information content (AvgIpc) is 3.54. The minimum Gasteiger partial charge on any atom is -0.406 e. The fourth-order valence-corrected chi connectivity index (χ4v) is 6.29. The number of halogens is 6. The van der Waals surface area contributed by atoms with E-state index >= 15 is 0 Å². The quantitative estimate of drug-likeness (QED) is 0.203. The molecule has 2 aromatic heterocycles. The lowest BCUT2D eigenvalue weighted by atomic mass is 9.73. The van der Waals surface area contributed by atoms with Crippen molar-refractivity contribution in [3.05, 3.63) is 72.3 Å². The van der Waals surface area contributed by atoms with Crippen LogP contribution in [0.5, 0.6) is 11.5 Å². The number of fused-ring (bicyclic) bond motifs is 1. The van der Waals surface area contributed by atoms with Gasteiger partial charge in [-0.05, 0) is 74.2 Å². The van der Waals surface area contributed by atoms with Gasteiger partial charge in [-0.2, -0.15) is 0 Å². The Morgan fingerprint density at radius 1 is 0.702 bits per heavy atom. The average molecular weight is 667 g/mol. The van der Waals surface area contributed by atoms with E-state index in [-0.39, 0.29) is 22.3 Å². The molecule has 0 atom stereocenters. The molecular formula is C31H36F6N8O2. The maximum atomic E-state index is 12.4. The van der Waals surface area contributed by atoms with Gasteiger partial charge in [0.2, 0.25) is 0 Å². The summed E-state index contributed by atoms with van der Waals surface area (Å²) in [7, 11) is 0. The van der Waals surface area contributed by atoms with Crippen molar-refractivity contribution in [1.82, 2.24) is 25.3 Å². The number of aromatic amines is 1. The molecule has 0 spiro atoms. The Morgan fingerprint density at radius 3 is 1.66 bits per heavy atom. The number of imidazole rings is 1. The van der Waals surface area contributed by atoms with Gasteiger partial charge in [0.15, 0.2) is 11.5 Å². The molecule has 47 heavy (non-hydrogen) atoms. The second-order valence-corrected chi connectivity index (χ2v) is 11.6. The van der Waals surface area contributed by atoms with Crippen molar-refractivity contribution in [2.75, 3.05) is 44.2 Å². The molecule has 254 valence electrons. The van der Waals surface area contributed by atoms with Crippen molar-refractivity contribution in [1.29, 1.82) is 0 Å². The first kappa shape index (κ1) is 34.2. The van der Waals surface area contributed by atoms with Gasteiger partial charge in [0, 0.05) is 37.0 Å². The van der Waals surface area contributed by atoms with Crippen molar-refractivity contribution in [3.8, 4) is 11.5 Å². The van der Waals surface area contributed by atoms with Crippen LogP contribution < -0.4 is 31.2 Å². The molecule has 2 aromatic carbocycles. The first-order valence-electron chi connectivity index (χ1n) is 15.1. The minimum atomic E-state index is -4.70. The van der Waals surface area contributed by atoms with Crippen molar-refractivity contribution < 1.29 is 35.8 Å². The highest BCUT2D eigenvalue weighted by atomic mass is 19.4. The molecule has 0 unspecified atom stereocenters. The number of alkyl halides is 6. The zero-order valence-electron chi connectivity index (χ0n) is 25.4. The third-order valence-electron chi connectivity index (χ3n) is 8.97. The van der Waals surface area contributed by atoms with E-state index in [0.717, 1.165) is 61.2 Å². The fraction of sp³-hybridized carbons (Fsp3) is 0.452. The van der Waals surface area contributed by atoms with Gasteiger partial charge in [-0.3, -0.25) is 0 Å². The molecule has 0 saturated carbocycles. The van der Waals surface area contributed by atoms with Gasteiger partial charge >= 0.3 is 12.7 Å². The summed E-state index contributed by atoms with van der Waals surface area (Å²) in [4.78, 5) is 17.9. The van der Waals surface area contributed by atoms with Gasteiger partial charge in [-0.1, -0.05) is 24.3 Å². The molecule has 2 saturated heterocycles. The van der Waals surface area contributed by atoms with Gasteiger partial charge in [0.25, 0.3) is 0 Å². The highest BCUT2D eigenvalue weighted by Gasteiger charge is 2.37. The van der Waals surface area contributed by atoms with Crippen molar-refractivity contribution in [3.63, 3.8) is 0 Å². The molecule has 0 radical (unpaired) electrons. The van der Waals surface area contributed by atoms with Crippen LogP contribution in [0.3, 0.4) is 0 Å². The Balaban J connectivity index is 0.000000199. The van der Waals surface area contributed by atoms with E-state index in [1.54, 1.807) is 30.6 Å². The van der Waals surface area contributed by atoms with Gasteiger partial charge in [-0.15, -0.1) is 26.3 Å². The number of nitrogens with zero attached hydrogens (tertiary/aromatic N) is 4. The van der Waals surface area contributed by atoms with Crippen LogP contribution in [-0.4, -0.2) is 71.9 Å². The number of rotatable bonds is 7. The second kappa shape index (κ2) is 13.9. The Morgan fingerprint density at radius 2 is 1.19 bits per heavy atom. The maximum Gasteiger partial charge on any atom is 0.573 e. The standard InChI is InChI=1S/C18H19F3N6O.C13H17F3N2O/c19-18(20,21)28-13-3-1-12(2-4-13)17(9-22)5-7-27(8-6-17)16-14-15(24-10-23-14)25-11-26-16;14-13(15,16)19-11-3-1-10(2-4-11)12(9-17)5-7-18-8-6-12/h1-4,10-11H,5-9,22H2,(H,23,24,25,26);1-4,18H,5-9,17H2. The highest BCUT2D eigenvalue weighted by molar-refractivity contribution is 5.82. The molecule has 6 N–H and O–H groups in total. The van der Waals surface area contributed by atoms with Crippen LogP contribution in [0.15, 0.2) is 61.2 Å². The summed E-state index contributed by atoms with van der Waals surface area (Å²) in [5.41, 5.74) is 14.8. The number of nitrogens with two attached hydrogens (primary N) is 2. The molecule has 10 nitrogen and oxygen atoms in total. The number of ether oxygens (including phenoxy) is 2. The largest absolute Gasteiger partial charge is 0.573 e. The zero-order valence-corrected chi connectivity index (χ0v) is 25.4. The summed E-state index contributed by atoms with van der Waals surface area (Å²) < 4.78 is 81.2. The summed E-state index contributed by atoms with van der Waals surface area (Å²) >= 11 is 0. The number of H-pyrrole nitrogens is 1. The monoisotopic (exact) mass is 666 g/mol. The van der Waals surface area contributed by atoms with Crippen molar-refractivity contribution in [2.24, 2.45) is 11.5 Å². The summed E-state index contributed by atoms with van der Waals surface area (Å²) in [6.45, 7) is 4.07. The highest BCUT2D eigenvalue weighted by Crippen LogP contribution is 2.38. The summed E-state index contributed by atoms with van der Waals surface area (Å²) in [6, 6.07) is 12.1. The van der Waals surface area contributed by atoms with E-state index in [1.165, 1.54) is 30.6 Å². The topological polar surface area (TPSA) is 140 Å². The van der Waals surface area contributed by atoms with Crippen molar-refractivity contribution >= 4 is 17.0 Å². The molecule has 16 heteroatoms.